The molecule has 0 unspecified atom stereocenters. The number of nitrogens with zero attached hydrogens (tertiary/aromatic N) is 1. The average molecular weight is 498 g/mol. The lowest BCUT2D eigenvalue weighted by Crippen LogP contribution is -2.32. The zero-order valence-electron chi connectivity index (χ0n) is 19.5. The molecule has 1 fully saturated rings. The number of ether oxygens (including phenoxy) is 3. The smallest absolute Gasteiger partial charge is 0.265 e. The van der Waals surface area contributed by atoms with Crippen LogP contribution in [0.1, 0.15) is 36.0 Å². The number of carbonyl (C=O) groups is 1. The minimum atomic E-state index is -3.95. The molecule has 0 atom stereocenters. The molecule has 2 N–H and O–H groups in total. The highest BCUT2D eigenvalue weighted by molar-refractivity contribution is 7.92. The van der Waals surface area contributed by atoms with Crippen molar-refractivity contribution in [1.82, 2.24) is 10.3 Å². The molecule has 184 valence electrons. The van der Waals surface area contributed by atoms with E-state index in [1.807, 2.05) is 0 Å². The Morgan fingerprint density at radius 1 is 0.971 bits per heavy atom. The molecule has 1 saturated carbocycles. The number of benzene rings is 2. The van der Waals surface area contributed by atoms with E-state index in [-0.39, 0.29) is 28.5 Å². The topological polar surface area (TPSA) is 116 Å². The van der Waals surface area contributed by atoms with E-state index in [9.17, 15) is 13.2 Å². The first-order valence-electron chi connectivity index (χ1n) is 11.2. The van der Waals surface area contributed by atoms with Gasteiger partial charge in [-0.05, 0) is 61.4 Å². The first-order valence-corrected chi connectivity index (χ1v) is 12.7. The van der Waals surface area contributed by atoms with Crippen molar-refractivity contribution >= 4 is 21.6 Å². The van der Waals surface area contributed by atoms with Gasteiger partial charge in [-0.2, -0.15) is 0 Å². The Balaban J connectivity index is 1.48. The van der Waals surface area contributed by atoms with E-state index in [4.69, 9.17) is 14.2 Å². The van der Waals surface area contributed by atoms with Gasteiger partial charge < -0.3 is 19.5 Å². The summed E-state index contributed by atoms with van der Waals surface area (Å²) in [4.78, 5) is 16.9. The first-order chi connectivity index (χ1) is 16.9. The van der Waals surface area contributed by atoms with Gasteiger partial charge in [-0.25, -0.2) is 13.4 Å². The van der Waals surface area contributed by atoms with Gasteiger partial charge in [-0.3, -0.25) is 9.52 Å². The highest BCUT2D eigenvalue weighted by Gasteiger charge is 2.22. The van der Waals surface area contributed by atoms with Crippen molar-refractivity contribution in [2.24, 2.45) is 0 Å². The van der Waals surface area contributed by atoms with Gasteiger partial charge in [0.15, 0.2) is 0 Å². The quantitative estimate of drug-likeness (QED) is 0.451. The Morgan fingerprint density at radius 3 is 2.37 bits per heavy atom. The van der Waals surface area contributed by atoms with Crippen LogP contribution in [0.25, 0.3) is 0 Å². The Hall–Kier alpha value is -3.79. The van der Waals surface area contributed by atoms with Crippen LogP contribution in [0.2, 0.25) is 0 Å². The third-order valence-corrected chi connectivity index (χ3v) is 7.09. The van der Waals surface area contributed by atoms with E-state index in [2.05, 4.69) is 15.0 Å². The van der Waals surface area contributed by atoms with Crippen molar-refractivity contribution < 1.29 is 27.4 Å². The monoisotopic (exact) mass is 497 g/mol. The number of pyridine rings is 1. The summed E-state index contributed by atoms with van der Waals surface area (Å²) in [6.45, 7) is 0. The lowest BCUT2D eigenvalue weighted by molar-refractivity contribution is 0.0935. The van der Waals surface area contributed by atoms with Crippen molar-refractivity contribution in [1.29, 1.82) is 0 Å². The Bertz CT molecular complexity index is 1290. The maximum Gasteiger partial charge on any atom is 0.265 e. The van der Waals surface area contributed by atoms with Crippen molar-refractivity contribution in [2.45, 2.75) is 36.6 Å². The largest absolute Gasteiger partial charge is 0.497 e. The highest BCUT2D eigenvalue weighted by atomic mass is 32.2. The SMILES string of the molecule is COc1ccc(OC)c(S(=O)(=O)Nc2ccc(Oc3ncccc3C(=O)NC3CCCC3)cc2)c1. The number of carbonyl (C=O) groups excluding carboxylic acids is 1. The second kappa shape index (κ2) is 10.6. The molecule has 0 aliphatic heterocycles. The summed E-state index contributed by atoms with van der Waals surface area (Å²) in [5.74, 6) is 0.935. The summed E-state index contributed by atoms with van der Waals surface area (Å²) < 4.78 is 44.6. The Kier molecular flexibility index (Phi) is 7.40. The van der Waals surface area contributed by atoms with Gasteiger partial charge in [0.1, 0.15) is 27.7 Å². The minimum Gasteiger partial charge on any atom is -0.497 e. The molecule has 1 aliphatic rings. The van der Waals surface area contributed by atoms with E-state index in [0.717, 1.165) is 25.7 Å². The van der Waals surface area contributed by atoms with Crippen LogP contribution in [0.5, 0.6) is 23.1 Å². The first kappa shape index (κ1) is 24.3. The summed E-state index contributed by atoms with van der Waals surface area (Å²) >= 11 is 0. The van der Waals surface area contributed by atoms with Gasteiger partial charge in [0.05, 0.1) is 14.2 Å². The molecule has 10 heteroatoms. The van der Waals surface area contributed by atoms with Crippen LogP contribution in [0, 0.1) is 0 Å². The molecule has 0 bridgehead atoms. The summed E-state index contributed by atoms with van der Waals surface area (Å²) in [7, 11) is -1.10. The molecule has 1 aromatic heterocycles. The summed E-state index contributed by atoms with van der Waals surface area (Å²) in [6, 6.07) is 14.3. The van der Waals surface area contributed by atoms with E-state index >= 15 is 0 Å². The van der Waals surface area contributed by atoms with Crippen LogP contribution in [0.15, 0.2) is 65.7 Å². The number of anilines is 1. The maximum atomic E-state index is 13.0. The van der Waals surface area contributed by atoms with Crippen LogP contribution in [0.3, 0.4) is 0 Å². The fourth-order valence-electron chi connectivity index (χ4n) is 3.89. The Labute approximate surface area is 204 Å². The van der Waals surface area contributed by atoms with E-state index in [1.165, 1.54) is 26.4 Å². The molecule has 2 aromatic carbocycles. The number of hydrogen-bond donors (Lipinski definition) is 2. The summed E-state index contributed by atoms with van der Waals surface area (Å²) in [5.41, 5.74) is 0.664. The van der Waals surface area contributed by atoms with Gasteiger partial charge in [0.25, 0.3) is 15.9 Å². The second-order valence-corrected chi connectivity index (χ2v) is 9.71. The number of hydrogen-bond acceptors (Lipinski definition) is 7. The van der Waals surface area contributed by atoms with Crippen LogP contribution >= 0.6 is 0 Å². The number of sulfonamides is 1. The molecule has 4 rings (SSSR count). The third kappa shape index (κ3) is 5.83. The van der Waals surface area contributed by atoms with Crippen LogP contribution < -0.4 is 24.2 Å². The summed E-state index contributed by atoms with van der Waals surface area (Å²) in [6.07, 6.45) is 5.72. The normalized spacial score (nSPS) is 13.8. The van der Waals surface area contributed by atoms with Gasteiger partial charge in [0, 0.05) is 24.0 Å². The molecule has 0 radical (unpaired) electrons. The van der Waals surface area contributed by atoms with Crippen molar-refractivity contribution in [3.05, 3.63) is 66.4 Å². The standard InChI is InChI=1S/C25H27N3O6S/c1-32-20-13-14-22(33-2)23(16-20)35(30,31)28-18-9-11-19(12-10-18)34-25-21(8-5-15-26-25)24(29)27-17-6-3-4-7-17/h5,8-17,28H,3-4,6-7H2,1-2H3,(H,27,29). The second-order valence-electron chi connectivity index (χ2n) is 8.06. The molecule has 1 amide bonds. The fourth-order valence-corrected chi connectivity index (χ4v) is 5.13. The molecule has 35 heavy (non-hydrogen) atoms. The van der Waals surface area contributed by atoms with Gasteiger partial charge >= 0.3 is 0 Å². The molecular formula is C25H27N3O6S. The Morgan fingerprint density at radius 2 is 1.69 bits per heavy atom. The van der Waals surface area contributed by atoms with Crippen molar-refractivity contribution in [2.75, 3.05) is 18.9 Å². The molecule has 1 aliphatic carbocycles. The molecular weight excluding hydrogens is 470 g/mol. The zero-order chi connectivity index (χ0) is 24.8. The fraction of sp³-hybridized carbons (Fsp3) is 0.280. The highest BCUT2D eigenvalue weighted by Crippen LogP contribution is 2.31. The predicted molar refractivity (Wildman–Crippen MR) is 131 cm³/mol. The minimum absolute atomic E-state index is 0.0499. The van der Waals surface area contributed by atoms with Gasteiger partial charge in [-0.1, -0.05) is 12.8 Å². The number of nitrogens with one attached hydrogen (secondary N) is 2. The molecule has 0 saturated heterocycles. The van der Waals surface area contributed by atoms with Crippen molar-refractivity contribution in [3.8, 4) is 23.1 Å². The van der Waals surface area contributed by atoms with Gasteiger partial charge in [-0.15, -0.1) is 0 Å². The number of rotatable bonds is 9. The van der Waals surface area contributed by atoms with E-state index in [0.29, 0.717) is 22.7 Å². The molecule has 9 nitrogen and oxygen atoms in total. The molecule has 1 heterocycles. The third-order valence-electron chi connectivity index (χ3n) is 5.69. The van der Waals surface area contributed by atoms with Gasteiger partial charge in [0.2, 0.25) is 5.88 Å². The predicted octanol–water partition coefficient (Wildman–Crippen LogP) is 4.36. The van der Waals surface area contributed by atoms with E-state index < -0.39 is 10.0 Å². The molecule has 0 spiro atoms. The number of methoxy groups -OCH3 is 2. The zero-order valence-corrected chi connectivity index (χ0v) is 20.3. The van der Waals surface area contributed by atoms with E-state index in [1.54, 1.807) is 48.7 Å². The van der Waals surface area contributed by atoms with Crippen molar-refractivity contribution in [3.63, 3.8) is 0 Å². The lowest BCUT2D eigenvalue weighted by atomic mass is 10.2. The number of aromatic nitrogens is 1. The van der Waals surface area contributed by atoms with Crippen LogP contribution in [-0.4, -0.2) is 39.6 Å². The molecule has 3 aromatic rings. The number of amides is 1. The lowest BCUT2D eigenvalue weighted by Gasteiger charge is -2.15. The average Bonchev–Trinajstić information content (AvgIpc) is 3.38. The summed E-state index contributed by atoms with van der Waals surface area (Å²) in [5, 5.41) is 3.03. The van der Waals surface area contributed by atoms with Crippen LogP contribution in [-0.2, 0) is 10.0 Å². The maximum absolute atomic E-state index is 13.0. The van der Waals surface area contributed by atoms with Crippen LogP contribution in [0.4, 0.5) is 5.69 Å².